The standard InChI is InChI=1S/C20H28N4O3/c1-23(17-9-3-2-4-10-17)13-16-8-6-5-7-15(16)11-21-18(25)14-24-19(26)12-22-20(24)27/h5-8,17H,2-4,9-14H2,1H3,(H,21,25)(H,22,27). The topological polar surface area (TPSA) is 81.8 Å². The van der Waals surface area contributed by atoms with Crippen molar-refractivity contribution in [3.63, 3.8) is 0 Å². The molecule has 0 aromatic heterocycles. The number of carbonyl (C=O) groups is 3. The zero-order chi connectivity index (χ0) is 19.2. The molecule has 0 radical (unpaired) electrons. The highest BCUT2D eigenvalue weighted by molar-refractivity contribution is 6.04. The normalized spacial score (nSPS) is 18.1. The molecular formula is C20H28N4O3. The second-order valence-corrected chi connectivity index (χ2v) is 7.39. The SMILES string of the molecule is CN(Cc1ccccc1CNC(=O)CN1C(=O)CNC1=O)C1CCCCC1. The number of nitrogens with zero attached hydrogens (tertiary/aromatic N) is 2. The summed E-state index contributed by atoms with van der Waals surface area (Å²) < 4.78 is 0. The molecule has 1 aliphatic heterocycles. The van der Waals surface area contributed by atoms with E-state index in [-0.39, 0.29) is 24.9 Å². The Bertz CT molecular complexity index is 684. The number of hydrogen-bond donors (Lipinski definition) is 2. The van der Waals surface area contributed by atoms with Gasteiger partial charge in [0.25, 0.3) is 5.91 Å². The Labute approximate surface area is 160 Å². The molecule has 0 unspecified atom stereocenters. The predicted molar refractivity (Wildman–Crippen MR) is 102 cm³/mol. The molecule has 1 aromatic rings. The van der Waals surface area contributed by atoms with Crippen LogP contribution in [0.25, 0.3) is 0 Å². The van der Waals surface area contributed by atoms with Gasteiger partial charge in [0, 0.05) is 19.1 Å². The molecule has 1 saturated heterocycles. The van der Waals surface area contributed by atoms with E-state index in [2.05, 4.69) is 28.6 Å². The van der Waals surface area contributed by atoms with Gasteiger partial charge in [0.2, 0.25) is 5.91 Å². The Morgan fingerprint density at radius 2 is 1.89 bits per heavy atom. The third kappa shape index (κ3) is 5.07. The first-order valence-electron chi connectivity index (χ1n) is 9.66. The fourth-order valence-electron chi connectivity index (χ4n) is 3.81. The van der Waals surface area contributed by atoms with Crippen LogP contribution in [-0.2, 0) is 22.7 Å². The number of nitrogens with one attached hydrogen (secondary N) is 2. The maximum Gasteiger partial charge on any atom is 0.325 e. The lowest BCUT2D eigenvalue weighted by molar-refractivity contribution is -0.130. The van der Waals surface area contributed by atoms with Crippen molar-refractivity contribution >= 4 is 17.8 Å². The van der Waals surface area contributed by atoms with E-state index in [9.17, 15) is 14.4 Å². The molecule has 0 spiro atoms. The van der Waals surface area contributed by atoms with E-state index in [1.165, 1.54) is 37.7 Å². The molecule has 146 valence electrons. The van der Waals surface area contributed by atoms with Gasteiger partial charge in [0.15, 0.2) is 0 Å². The highest BCUT2D eigenvalue weighted by Gasteiger charge is 2.30. The second kappa shape index (κ2) is 8.99. The zero-order valence-corrected chi connectivity index (χ0v) is 15.9. The average molecular weight is 372 g/mol. The van der Waals surface area contributed by atoms with Crippen LogP contribution in [-0.4, -0.2) is 53.8 Å². The van der Waals surface area contributed by atoms with Crippen molar-refractivity contribution in [2.45, 2.75) is 51.2 Å². The summed E-state index contributed by atoms with van der Waals surface area (Å²) in [5, 5.41) is 5.24. The van der Waals surface area contributed by atoms with Crippen LogP contribution in [0.15, 0.2) is 24.3 Å². The maximum absolute atomic E-state index is 12.1. The minimum atomic E-state index is -0.510. The molecule has 27 heavy (non-hydrogen) atoms. The van der Waals surface area contributed by atoms with Gasteiger partial charge in [-0.05, 0) is 31.0 Å². The van der Waals surface area contributed by atoms with Crippen molar-refractivity contribution in [1.29, 1.82) is 0 Å². The minimum absolute atomic E-state index is 0.0392. The van der Waals surface area contributed by atoms with Crippen LogP contribution in [0.1, 0.15) is 43.2 Å². The average Bonchev–Trinajstić information content (AvgIpc) is 3.00. The van der Waals surface area contributed by atoms with Crippen LogP contribution in [0.4, 0.5) is 4.79 Å². The predicted octanol–water partition coefficient (Wildman–Crippen LogP) is 1.62. The molecule has 2 N–H and O–H groups in total. The number of imide groups is 1. The molecule has 1 heterocycles. The summed E-state index contributed by atoms with van der Waals surface area (Å²) >= 11 is 0. The van der Waals surface area contributed by atoms with Crippen molar-refractivity contribution in [3.05, 3.63) is 35.4 Å². The third-order valence-electron chi connectivity index (χ3n) is 5.45. The summed E-state index contributed by atoms with van der Waals surface area (Å²) in [5.74, 6) is -0.708. The van der Waals surface area contributed by atoms with Gasteiger partial charge in [-0.1, -0.05) is 43.5 Å². The fourth-order valence-corrected chi connectivity index (χ4v) is 3.81. The van der Waals surface area contributed by atoms with E-state index >= 15 is 0 Å². The molecule has 1 aromatic carbocycles. The van der Waals surface area contributed by atoms with E-state index in [0.717, 1.165) is 17.0 Å². The smallest absolute Gasteiger partial charge is 0.325 e. The number of urea groups is 1. The van der Waals surface area contributed by atoms with Crippen molar-refractivity contribution < 1.29 is 14.4 Å². The van der Waals surface area contributed by atoms with Crippen molar-refractivity contribution in [3.8, 4) is 0 Å². The van der Waals surface area contributed by atoms with Crippen LogP contribution in [0.5, 0.6) is 0 Å². The summed E-state index contributed by atoms with van der Waals surface area (Å²) in [6.45, 7) is 0.956. The van der Waals surface area contributed by atoms with Gasteiger partial charge in [-0.3, -0.25) is 19.4 Å². The fraction of sp³-hybridized carbons (Fsp3) is 0.550. The second-order valence-electron chi connectivity index (χ2n) is 7.39. The lowest BCUT2D eigenvalue weighted by atomic mass is 9.94. The first-order valence-corrected chi connectivity index (χ1v) is 9.66. The Morgan fingerprint density at radius 3 is 2.56 bits per heavy atom. The van der Waals surface area contributed by atoms with Crippen LogP contribution >= 0.6 is 0 Å². The lowest BCUT2D eigenvalue weighted by Crippen LogP contribution is -2.40. The van der Waals surface area contributed by atoms with Gasteiger partial charge >= 0.3 is 6.03 Å². The van der Waals surface area contributed by atoms with Gasteiger partial charge in [0.1, 0.15) is 6.54 Å². The van der Waals surface area contributed by atoms with Crippen LogP contribution < -0.4 is 10.6 Å². The summed E-state index contributed by atoms with van der Waals surface area (Å²) in [6.07, 6.45) is 6.44. The van der Waals surface area contributed by atoms with E-state index in [1.54, 1.807) is 0 Å². The molecule has 7 nitrogen and oxygen atoms in total. The number of amides is 4. The molecule has 7 heteroatoms. The number of rotatable bonds is 7. The Morgan fingerprint density at radius 1 is 1.19 bits per heavy atom. The van der Waals surface area contributed by atoms with Gasteiger partial charge in [-0.25, -0.2) is 4.79 Å². The van der Waals surface area contributed by atoms with Gasteiger partial charge in [-0.15, -0.1) is 0 Å². The van der Waals surface area contributed by atoms with Gasteiger partial charge < -0.3 is 10.6 Å². The summed E-state index contributed by atoms with van der Waals surface area (Å²) in [6, 6.07) is 8.20. The summed E-state index contributed by atoms with van der Waals surface area (Å²) in [7, 11) is 2.17. The highest BCUT2D eigenvalue weighted by Crippen LogP contribution is 2.23. The number of carbonyl (C=O) groups excluding carboxylic acids is 3. The van der Waals surface area contributed by atoms with Crippen molar-refractivity contribution in [2.24, 2.45) is 0 Å². The molecule has 1 aliphatic carbocycles. The van der Waals surface area contributed by atoms with E-state index < -0.39 is 6.03 Å². The van der Waals surface area contributed by atoms with Gasteiger partial charge in [0.05, 0.1) is 6.54 Å². The first-order chi connectivity index (χ1) is 13.0. The van der Waals surface area contributed by atoms with Gasteiger partial charge in [-0.2, -0.15) is 0 Å². The molecule has 4 amide bonds. The van der Waals surface area contributed by atoms with Crippen molar-refractivity contribution in [1.82, 2.24) is 20.4 Å². The minimum Gasteiger partial charge on any atom is -0.350 e. The molecule has 0 bridgehead atoms. The zero-order valence-electron chi connectivity index (χ0n) is 15.9. The number of hydrogen-bond acceptors (Lipinski definition) is 4. The van der Waals surface area contributed by atoms with E-state index in [1.807, 2.05) is 18.2 Å². The van der Waals surface area contributed by atoms with E-state index in [0.29, 0.717) is 12.6 Å². The summed E-state index contributed by atoms with van der Waals surface area (Å²) in [4.78, 5) is 38.6. The quantitative estimate of drug-likeness (QED) is 0.713. The molecule has 1 saturated carbocycles. The molecule has 2 aliphatic rings. The Balaban J connectivity index is 1.55. The highest BCUT2D eigenvalue weighted by atomic mass is 16.2. The monoisotopic (exact) mass is 372 g/mol. The van der Waals surface area contributed by atoms with Crippen LogP contribution in [0.2, 0.25) is 0 Å². The Hall–Kier alpha value is -2.41. The summed E-state index contributed by atoms with van der Waals surface area (Å²) in [5.41, 5.74) is 2.26. The van der Waals surface area contributed by atoms with Crippen molar-refractivity contribution in [2.75, 3.05) is 20.1 Å². The lowest BCUT2D eigenvalue weighted by Gasteiger charge is -2.31. The first kappa shape index (κ1) is 19.4. The van der Waals surface area contributed by atoms with E-state index in [4.69, 9.17) is 0 Å². The molecular weight excluding hydrogens is 344 g/mol. The maximum atomic E-state index is 12.1. The Kier molecular flexibility index (Phi) is 6.45. The van der Waals surface area contributed by atoms with Crippen LogP contribution in [0, 0.1) is 0 Å². The molecule has 2 fully saturated rings. The number of benzene rings is 1. The van der Waals surface area contributed by atoms with Crippen LogP contribution in [0.3, 0.4) is 0 Å². The largest absolute Gasteiger partial charge is 0.350 e. The third-order valence-corrected chi connectivity index (χ3v) is 5.45. The molecule has 3 rings (SSSR count). The molecule has 0 atom stereocenters.